The Labute approximate surface area is 109 Å². The lowest BCUT2D eigenvalue weighted by Crippen LogP contribution is -2.16. The number of aromatic carboxylic acids is 1. The van der Waals surface area contributed by atoms with Crippen LogP contribution in [0.4, 0.5) is 10.2 Å². The highest BCUT2D eigenvalue weighted by Crippen LogP contribution is 2.17. The Morgan fingerprint density at radius 2 is 2.11 bits per heavy atom. The quantitative estimate of drug-likeness (QED) is 0.914. The molecule has 100 valence electrons. The maximum Gasteiger partial charge on any atom is 0.356 e. The van der Waals surface area contributed by atoms with E-state index in [4.69, 9.17) is 5.11 Å². The monoisotopic (exact) mass is 263 g/mol. The maximum absolute atomic E-state index is 13.6. The molecule has 5 nitrogen and oxygen atoms in total. The van der Waals surface area contributed by atoms with Crippen LogP contribution >= 0.6 is 0 Å². The number of aromatic nitrogens is 2. The first-order chi connectivity index (χ1) is 8.99. The molecule has 0 spiro atoms. The second-order valence-corrected chi connectivity index (χ2v) is 4.34. The van der Waals surface area contributed by atoms with Gasteiger partial charge >= 0.3 is 5.97 Å². The van der Waals surface area contributed by atoms with Crippen LogP contribution in [0.5, 0.6) is 0 Å². The third kappa shape index (κ3) is 2.73. The fraction of sp³-hybridized carbons (Fsp3) is 0.231. The van der Waals surface area contributed by atoms with Crippen molar-refractivity contribution in [3.8, 4) is 0 Å². The van der Waals surface area contributed by atoms with Crippen molar-refractivity contribution >= 4 is 11.8 Å². The summed E-state index contributed by atoms with van der Waals surface area (Å²) in [5.74, 6) is -0.824. The molecule has 0 saturated carbocycles. The average molecular weight is 263 g/mol. The van der Waals surface area contributed by atoms with Gasteiger partial charge in [-0.1, -0.05) is 18.2 Å². The molecule has 2 rings (SSSR count). The van der Waals surface area contributed by atoms with Crippen LogP contribution in [0.2, 0.25) is 0 Å². The minimum absolute atomic E-state index is 0.0555. The van der Waals surface area contributed by atoms with E-state index in [1.54, 1.807) is 37.2 Å². The van der Waals surface area contributed by atoms with Crippen LogP contribution in [0.15, 0.2) is 30.3 Å². The van der Waals surface area contributed by atoms with Crippen molar-refractivity contribution in [3.05, 3.63) is 47.4 Å². The maximum atomic E-state index is 13.6. The minimum atomic E-state index is -1.10. The Morgan fingerprint density at radius 1 is 1.42 bits per heavy atom. The third-order valence-corrected chi connectivity index (χ3v) is 2.71. The fourth-order valence-corrected chi connectivity index (χ4v) is 1.78. The highest BCUT2D eigenvalue weighted by molar-refractivity contribution is 5.86. The molecular weight excluding hydrogens is 249 g/mol. The number of hydrogen-bond acceptors (Lipinski definition) is 3. The smallest absolute Gasteiger partial charge is 0.356 e. The summed E-state index contributed by atoms with van der Waals surface area (Å²) >= 11 is 0. The molecule has 1 heterocycles. The van der Waals surface area contributed by atoms with E-state index < -0.39 is 5.97 Å². The molecule has 0 atom stereocenters. The van der Waals surface area contributed by atoms with Crippen molar-refractivity contribution in [1.29, 1.82) is 0 Å². The van der Waals surface area contributed by atoms with Gasteiger partial charge in [0.25, 0.3) is 0 Å². The van der Waals surface area contributed by atoms with Crippen molar-refractivity contribution < 1.29 is 14.3 Å². The summed E-state index contributed by atoms with van der Waals surface area (Å²) in [7, 11) is 3.56. The molecule has 0 amide bonds. The molecule has 0 aliphatic carbocycles. The normalized spacial score (nSPS) is 10.5. The van der Waals surface area contributed by atoms with Gasteiger partial charge in [-0.25, -0.2) is 13.9 Å². The lowest BCUT2D eigenvalue weighted by atomic mass is 10.2. The van der Waals surface area contributed by atoms with Gasteiger partial charge in [0.05, 0.1) is 6.54 Å². The highest BCUT2D eigenvalue weighted by Gasteiger charge is 2.15. The molecule has 0 radical (unpaired) electrons. The molecule has 2 aromatic rings. The number of halogens is 1. The number of nitrogens with zero attached hydrogens (tertiary/aromatic N) is 3. The second-order valence-electron chi connectivity index (χ2n) is 4.34. The van der Waals surface area contributed by atoms with Gasteiger partial charge in [0.1, 0.15) is 11.6 Å². The first kappa shape index (κ1) is 13.1. The van der Waals surface area contributed by atoms with Gasteiger partial charge in [-0.2, -0.15) is 5.10 Å². The molecule has 0 aliphatic rings. The minimum Gasteiger partial charge on any atom is -0.476 e. The average Bonchev–Trinajstić information content (AvgIpc) is 2.76. The van der Waals surface area contributed by atoms with Crippen LogP contribution < -0.4 is 4.90 Å². The van der Waals surface area contributed by atoms with Crippen LogP contribution in [0, 0.1) is 5.82 Å². The van der Waals surface area contributed by atoms with Gasteiger partial charge in [0.15, 0.2) is 5.69 Å². The summed E-state index contributed by atoms with van der Waals surface area (Å²) < 4.78 is 15.1. The van der Waals surface area contributed by atoms with E-state index in [-0.39, 0.29) is 18.1 Å². The van der Waals surface area contributed by atoms with E-state index in [9.17, 15) is 9.18 Å². The van der Waals surface area contributed by atoms with Crippen molar-refractivity contribution in [2.24, 2.45) is 0 Å². The van der Waals surface area contributed by atoms with Crippen LogP contribution in [-0.4, -0.2) is 35.0 Å². The van der Waals surface area contributed by atoms with Crippen molar-refractivity contribution in [3.63, 3.8) is 0 Å². The first-order valence-electron chi connectivity index (χ1n) is 5.71. The van der Waals surface area contributed by atoms with Crippen molar-refractivity contribution in [2.75, 3.05) is 19.0 Å². The molecule has 19 heavy (non-hydrogen) atoms. The summed E-state index contributed by atoms with van der Waals surface area (Å²) in [6, 6.07) is 7.82. The number of carbonyl (C=O) groups is 1. The SMILES string of the molecule is CN(C)c1cc(C(=O)O)nn1Cc1ccccc1F. The van der Waals surface area contributed by atoms with E-state index >= 15 is 0 Å². The molecular formula is C13H14FN3O2. The van der Waals surface area contributed by atoms with Gasteiger partial charge in [-0.3, -0.25) is 0 Å². The lowest BCUT2D eigenvalue weighted by molar-refractivity contribution is 0.0689. The molecule has 1 aromatic heterocycles. The van der Waals surface area contributed by atoms with Gasteiger partial charge in [0.2, 0.25) is 0 Å². The summed E-state index contributed by atoms with van der Waals surface area (Å²) in [5.41, 5.74) is 0.408. The predicted molar refractivity (Wildman–Crippen MR) is 69.0 cm³/mol. The van der Waals surface area contributed by atoms with Crippen LogP contribution in [0.3, 0.4) is 0 Å². The van der Waals surface area contributed by atoms with Crippen molar-refractivity contribution in [1.82, 2.24) is 9.78 Å². The van der Waals surface area contributed by atoms with Crippen LogP contribution in [0.1, 0.15) is 16.1 Å². The number of hydrogen-bond donors (Lipinski definition) is 1. The number of carboxylic acids is 1. The highest BCUT2D eigenvalue weighted by atomic mass is 19.1. The largest absolute Gasteiger partial charge is 0.476 e. The summed E-state index contributed by atoms with van der Waals surface area (Å²) in [6.45, 7) is 0.188. The van der Waals surface area contributed by atoms with E-state index in [1.165, 1.54) is 16.8 Å². The molecule has 0 aliphatic heterocycles. The van der Waals surface area contributed by atoms with Gasteiger partial charge in [0, 0.05) is 25.7 Å². The Kier molecular flexibility index (Phi) is 3.50. The number of benzene rings is 1. The number of carboxylic acid groups (broad SMARTS) is 1. The Hall–Kier alpha value is -2.37. The van der Waals surface area contributed by atoms with Crippen LogP contribution in [-0.2, 0) is 6.54 Å². The summed E-state index contributed by atoms with van der Waals surface area (Å²) in [5, 5.41) is 12.9. The van der Waals surface area contributed by atoms with E-state index in [0.717, 1.165) is 0 Å². The van der Waals surface area contributed by atoms with E-state index in [2.05, 4.69) is 5.10 Å². The topological polar surface area (TPSA) is 58.4 Å². The molecule has 0 bridgehead atoms. The lowest BCUT2D eigenvalue weighted by Gasteiger charge is -2.14. The van der Waals surface area contributed by atoms with E-state index in [0.29, 0.717) is 11.4 Å². The zero-order valence-electron chi connectivity index (χ0n) is 10.7. The molecule has 0 fully saturated rings. The first-order valence-corrected chi connectivity index (χ1v) is 5.71. The zero-order valence-corrected chi connectivity index (χ0v) is 10.7. The number of rotatable bonds is 4. The molecule has 6 heteroatoms. The van der Waals surface area contributed by atoms with Crippen LogP contribution in [0.25, 0.3) is 0 Å². The number of anilines is 1. The zero-order chi connectivity index (χ0) is 14.0. The predicted octanol–water partition coefficient (Wildman–Crippen LogP) is 1.83. The fourth-order valence-electron chi connectivity index (χ4n) is 1.78. The molecule has 1 N–H and O–H groups in total. The molecule has 0 unspecified atom stereocenters. The van der Waals surface area contributed by atoms with Gasteiger partial charge in [-0.15, -0.1) is 0 Å². The molecule has 1 aromatic carbocycles. The molecule has 0 saturated heterocycles. The van der Waals surface area contributed by atoms with Crippen molar-refractivity contribution in [2.45, 2.75) is 6.54 Å². The second kappa shape index (κ2) is 5.09. The standard InChI is InChI=1S/C13H14FN3O2/c1-16(2)12-7-11(13(18)19)15-17(12)8-9-5-3-4-6-10(9)14/h3-7H,8H2,1-2H3,(H,18,19). The third-order valence-electron chi connectivity index (χ3n) is 2.71. The Morgan fingerprint density at radius 3 is 2.68 bits per heavy atom. The summed E-state index contributed by atoms with van der Waals surface area (Å²) in [6.07, 6.45) is 0. The Bertz CT molecular complexity index is 608. The van der Waals surface area contributed by atoms with Gasteiger partial charge < -0.3 is 10.0 Å². The van der Waals surface area contributed by atoms with Gasteiger partial charge in [-0.05, 0) is 6.07 Å². The Balaban J connectivity index is 2.39. The van der Waals surface area contributed by atoms with E-state index in [1.807, 2.05) is 0 Å². The summed E-state index contributed by atoms with van der Waals surface area (Å²) in [4.78, 5) is 12.7.